The molecule has 0 aromatic rings. The maximum absolute atomic E-state index is 2.57. The van der Waals surface area contributed by atoms with Crippen molar-refractivity contribution in [2.24, 2.45) is 11.3 Å². The lowest BCUT2D eigenvalue weighted by molar-refractivity contribution is 0.0876. The van der Waals surface area contributed by atoms with E-state index in [0.717, 1.165) is 11.3 Å². The van der Waals surface area contributed by atoms with Gasteiger partial charge in [-0.3, -0.25) is 0 Å². The average molecular weight is 210 g/mol. The van der Waals surface area contributed by atoms with Crippen LogP contribution in [-0.2, 0) is 0 Å². The van der Waals surface area contributed by atoms with E-state index in [1.54, 1.807) is 0 Å². The molecule has 2 aliphatic carbocycles. The van der Waals surface area contributed by atoms with Crippen LogP contribution in [-0.4, -0.2) is 0 Å². The molecule has 0 heterocycles. The Morgan fingerprint density at radius 3 is 1.73 bits per heavy atom. The zero-order chi connectivity index (χ0) is 11.1. The molecule has 0 atom stereocenters. The van der Waals surface area contributed by atoms with E-state index < -0.39 is 0 Å². The van der Waals surface area contributed by atoms with Crippen molar-refractivity contribution < 1.29 is 0 Å². The second kappa shape index (κ2) is 6.55. The first kappa shape index (κ1) is 13.1. The molecule has 0 nitrogen and oxygen atoms in total. The normalized spacial score (nSPS) is 26.6. The minimum absolute atomic E-state index is 0.749. The Balaban J connectivity index is 0.000000531. The summed E-state index contributed by atoms with van der Waals surface area (Å²) in [7, 11) is 0. The summed E-state index contributed by atoms with van der Waals surface area (Å²) in [6, 6.07) is 0. The molecule has 0 heteroatoms. The zero-order valence-electron chi connectivity index (χ0n) is 11.1. The van der Waals surface area contributed by atoms with Crippen LogP contribution in [0, 0.1) is 11.3 Å². The van der Waals surface area contributed by atoms with Crippen LogP contribution >= 0.6 is 0 Å². The van der Waals surface area contributed by atoms with Crippen molar-refractivity contribution in [2.45, 2.75) is 85.0 Å². The summed E-state index contributed by atoms with van der Waals surface area (Å²) < 4.78 is 0. The molecule has 0 aromatic carbocycles. The van der Waals surface area contributed by atoms with Crippen LogP contribution in [0.1, 0.15) is 85.0 Å². The van der Waals surface area contributed by atoms with E-state index in [9.17, 15) is 0 Å². The van der Waals surface area contributed by atoms with Gasteiger partial charge >= 0.3 is 0 Å². The number of hydrogen-bond acceptors (Lipinski definition) is 0. The maximum atomic E-state index is 2.57. The quantitative estimate of drug-likeness (QED) is 0.531. The third-order valence-electron chi connectivity index (χ3n) is 4.59. The summed E-state index contributed by atoms with van der Waals surface area (Å²) in [6.07, 6.45) is 15.2. The molecule has 2 fully saturated rings. The Morgan fingerprint density at radius 2 is 1.20 bits per heavy atom. The lowest BCUT2D eigenvalue weighted by Crippen LogP contribution is -2.31. The van der Waals surface area contributed by atoms with Crippen LogP contribution in [0.4, 0.5) is 0 Å². The van der Waals surface area contributed by atoms with Crippen molar-refractivity contribution in [2.75, 3.05) is 0 Å². The summed E-state index contributed by atoms with van der Waals surface area (Å²) in [6.45, 7) is 6.57. The first-order chi connectivity index (χ1) is 7.31. The van der Waals surface area contributed by atoms with Crippen molar-refractivity contribution in [1.29, 1.82) is 0 Å². The first-order valence-corrected chi connectivity index (χ1v) is 7.31. The van der Waals surface area contributed by atoms with Crippen molar-refractivity contribution in [3.63, 3.8) is 0 Å². The van der Waals surface area contributed by atoms with Crippen LogP contribution in [0.2, 0.25) is 0 Å². The Labute approximate surface area is 96.8 Å². The highest BCUT2D eigenvalue weighted by molar-refractivity contribution is 4.86. The number of hydrogen-bond donors (Lipinski definition) is 0. The van der Waals surface area contributed by atoms with Gasteiger partial charge in [-0.05, 0) is 37.0 Å². The van der Waals surface area contributed by atoms with Gasteiger partial charge in [0.15, 0.2) is 0 Å². The van der Waals surface area contributed by atoms with Gasteiger partial charge in [-0.25, -0.2) is 0 Å². The maximum Gasteiger partial charge on any atom is -0.0298 e. The van der Waals surface area contributed by atoms with Gasteiger partial charge in [0, 0.05) is 0 Å². The zero-order valence-corrected chi connectivity index (χ0v) is 11.1. The monoisotopic (exact) mass is 210 g/mol. The second-order valence-corrected chi connectivity index (χ2v) is 5.55. The molecule has 0 aliphatic heterocycles. The van der Waals surface area contributed by atoms with Crippen LogP contribution in [0.3, 0.4) is 0 Å². The Kier molecular flexibility index (Phi) is 5.71. The summed E-state index contributed by atoms with van der Waals surface area (Å²) in [5.41, 5.74) is 0.749. The summed E-state index contributed by atoms with van der Waals surface area (Å²) in [5, 5.41) is 0. The summed E-state index contributed by atoms with van der Waals surface area (Å²) >= 11 is 0. The third kappa shape index (κ3) is 3.50. The highest BCUT2D eigenvalue weighted by Crippen LogP contribution is 2.47. The predicted octanol–water partition coefficient (Wildman–Crippen LogP) is 5.56. The highest BCUT2D eigenvalue weighted by Gasteiger charge is 2.35. The molecule has 0 amide bonds. The van der Waals surface area contributed by atoms with Crippen LogP contribution < -0.4 is 0 Å². The molecule has 0 aromatic heterocycles. The second-order valence-electron chi connectivity index (χ2n) is 5.55. The van der Waals surface area contributed by atoms with Crippen molar-refractivity contribution in [1.82, 2.24) is 0 Å². The van der Waals surface area contributed by atoms with E-state index in [-0.39, 0.29) is 0 Å². The minimum atomic E-state index is 0.749. The molecule has 15 heavy (non-hydrogen) atoms. The van der Waals surface area contributed by atoms with Crippen molar-refractivity contribution >= 4 is 0 Å². The molecule has 0 bridgehead atoms. The predicted molar refractivity (Wildman–Crippen MR) is 69.1 cm³/mol. The van der Waals surface area contributed by atoms with E-state index in [1.165, 1.54) is 64.2 Å². The van der Waals surface area contributed by atoms with Crippen LogP contribution in [0.15, 0.2) is 0 Å². The van der Waals surface area contributed by atoms with Gasteiger partial charge in [-0.2, -0.15) is 0 Å². The highest BCUT2D eigenvalue weighted by atomic mass is 14.4. The molecule has 2 rings (SSSR count). The van der Waals surface area contributed by atoms with Gasteiger partial charge in [-0.15, -0.1) is 0 Å². The van der Waals surface area contributed by atoms with Gasteiger partial charge in [0.05, 0.1) is 0 Å². The van der Waals surface area contributed by atoms with Gasteiger partial charge in [-0.1, -0.05) is 59.3 Å². The third-order valence-corrected chi connectivity index (χ3v) is 4.59. The average Bonchev–Trinajstić information content (AvgIpc) is 2.34. The summed E-state index contributed by atoms with van der Waals surface area (Å²) in [4.78, 5) is 0. The Bertz CT molecular complexity index is 147. The van der Waals surface area contributed by atoms with Gasteiger partial charge in [0.25, 0.3) is 0 Å². The lowest BCUT2D eigenvalue weighted by atomic mass is 9.63. The van der Waals surface area contributed by atoms with E-state index in [1.807, 2.05) is 13.8 Å². The smallest absolute Gasteiger partial charge is 0.0298 e. The van der Waals surface area contributed by atoms with Gasteiger partial charge in [0.2, 0.25) is 0 Å². The molecule has 0 unspecified atom stereocenters. The van der Waals surface area contributed by atoms with E-state index in [2.05, 4.69) is 6.92 Å². The SMILES string of the molecule is CC.CC1(C2CCCCC2)CCCCC1. The fourth-order valence-corrected chi connectivity index (χ4v) is 3.57. The standard InChI is InChI=1S/C13H24.C2H6/c1-13(10-6-3-7-11-13)12-8-4-2-5-9-12;1-2/h12H,2-11H2,1H3;1-2H3. The van der Waals surface area contributed by atoms with Crippen molar-refractivity contribution in [3.8, 4) is 0 Å². The molecule has 2 aliphatic rings. The Hall–Kier alpha value is 0. The molecule has 0 saturated heterocycles. The molecule has 0 radical (unpaired) electrons. The van der Waals surface area contributed by atoms with Gasteiger partial charge in [0.1, 0.15) is 0 Å². The van der Waals surface area contributed by atoms with E-state index in [0.29, 0.717) is 0 Å². The molecule has 2 saturated carbocycles. The fraction of sp³-hybridized carbons (Fsp3) is 1.00. The van der Waals surface area contributed by atoms with Crippen molar-refractivity contribution in [3.05, 3.63) is 0 Å². The number of rotatable bonds is 1. The molecule has 0 spiro atoms. The van der Waals surface area contributed by atoms with E-state index in [4.69, 9.17) is 0 Å². The first-order valence-electron chi connectivity index (χ1n) is 7.31. The van der Waals surface area contributed by atoms with Crippen LogP contribution in [0.25, 0.3) is 0 Å². The van der Waals surface area contributed by atoms with Crippen LogP contribution in [0.5, 0.6) is 0 Å². The molecule has 0 N–H and O–H groups in total. The Morgan fingerprint density at radius 1 is 0.733 bits per heavy atom. The van der Waals surface area contributed by atoms with E-state index >= 15 is 0 Å². The molecule has 90 valence electrons. The van der Waals surface area contributed by atoms with Gasteiger partial charge < -0.3 is 0 Å². The minimum Gasteiger partial charge on any atom is -0.0683 e. The molecular weight excluding hydrogens is 180 g/mol. The topological polar surface area (TPSA) is 0 Å². The largest absolute Gasteiger partial charge is 0.0683 e. The summed E-state index contributed by atoms with van der Waals surface area (Å²) in [5.74, 6) is 1.08. The lowest BCUT2D eigenvalue weighted by Gasteiger charge is -2.42. The fourth-order valence-electron chi connectivity index (χ4n) is 3.57. The molecular formula is C15H30.